The van der Waals surface area contributed by atoms with Gasteiger partial charge in [0.2, 0.25) is 0 Å². The van der Waals surface area contributed by atoms with Gasteiger partial charge in [-0.2, -0.15) is 5.26 Å². The minimum atomic E-state index is -3.52. The lowest BCUT2D eigenvalue weighted by Crippen LogP contribution is -2.22. The van der Waals surface area contributed by atoms with Crippen molar-refractivity contribution in [2.75, 3.05) is 5.75 Å². The molecule has 7 heteroatoms. The molecule has 0 aliphatic heterocycles. The third kappa shape index (κ3) is 4.14. The van der Waals surface area contributed by atoms with Crippen LogP contribution in [0, 0.1) is 17.2 Å². The Hall–Kier alpha value is -1.94. The largest absolute Gasteiger partial charge is 0.481 e. The first-order chi connectivity index (χ1) is 8.34. The number of hydrogen-bond donors (Lipinski definition) is 1. The summed E-state index contributed by atoms with van der Waals surface area (Å²) < 4.78 is 23.5. The predicted octanol–water partition coefficient (Wildman–Crippen LogP) is 0.589. The van der Waals surface area contributed by atoms with Crippen LogP contribution in [0.15, 0.2) is 18.3 Å². The first kappa shape index (κ1) is 14.1. The summed E-state index contributed by atoms with van der Waals surface area (Å²) in [6, 6.07) is 4.68. The second-order valence-electron chi connectivity index (χ2n) is 3.95. The van der Waals surface area contributed by atoms with Crippen LogP contribution in [0.4, 0.5) is 0 Å². The van der Waals surface area contributed by atoms with Crippen LogP contribution in [0.2, 0.25) is 0 Å². The maximum absolute atomic E-state index is 11.7. The van der Waals surface area contributed by atoms with Gasteiger partial charge >= 0.3 is 5.97 Å². The molecule has 0 radical (unpaired) electrons. The highest BCUT2D eigenvalue weighted by Gasteiger charge is 2.21. The lowest BCUT2D eigenvalue weighted by Gasteiger charge is -2.07. The number of carboxylic acid groups (broad SMARTS) is 1. The Labute approximate surface area is 105 Å². The van der Waals surface area contributed by atoms with E-state index in [1.165, 1.54) is 25.3 Å². The van der Waals surface area contributed by atoms with E-state index in [1.807, 2.05) is 6.07 Å². The standard InChI is InChI=1S/C11H12N2O4S/c1-8(11(14)15)6-18(16,17)7-9-2-3-13-10(4-9)5-12/h2-4,8H,6-7H2,1H3,(H,14,15). The first-order valence-electron chi connectivity index (χ1n) is 5.12. The monoisotopic (exact) mass is 268 g/mol. The predicted molar refractivity (Wildman–Crippen MR) is 63.2 cm³/mol. The molecule has 0 spiro atoms. The molecular weight excluding hydrogens is 256 g/mol. The summed E-state index contributed by atoms with van der Waals surface area (Å²) in [5.74, 6) is -2.81. The molecule has 1 aromatic rings. The molecule has 1 heterocycles. The van der Waals surface area contributed by atoms with E-state index in [0.29, 0.717) is 5.56 Å². The van der Waals surface area contributed by atoms with Gasteiger partial charge in [-0.1, -0.05) is 6.92 Å². The zero-order valence-corrected chi connectivity index (χ0v) is 10.5. The van der Waals surface area contributed by atoms with Gasteiger partial charge in [-0.25, -0.2) is 13.4 Å². The highest BCUT2D eigenvalue weighted by atomic mass is 32.2. The van der Waals surface area contributed by atoms with Crippen molar-refractivity contribution in [2.45, 2.75) is 12.7 Å². The quantitative estimate of drug-likeness (QED) is 0.837. The summed E-state index contributed by atoms with van der Waals surface area (Å²) in [7, 11) is -3.52. The fourth-order valence-corrected chi connectivity index (χ4v) is 3.10. The second kappa shape index (κ2) is 5.60. The van der Waals surface area contributed by atoms with Gasteiger partial charge in [0.25, 0.3) is 0 Å². The molecule has 96 valence electrons. The van der Waals surface area contributed by atoms with Crippen molar-refractivity contribution in [3.63, 3.8) is 0 Å². The van der Waals surface area contributed by atoms with E-state index in [0.717, 1.165) is 0 Å². The van der Waals surface area contributed by atoms with Crippen LogP contribution in [0.5, 0.6) is 0 Å². The van der Waals surface area contributed by atoms with Gasteiger partial charge in [0.15, 0.2) is 9.84 Å². The number of pyridine rings is 1. The molecule has 1 unspecified atom stereocenters. The lowest BCUT2D eigenvalue weighted by molar-refractivity contribution is -0.140. The molecule has 18 heavy (non-hydrogen) atoms. The first-order valence-corrected chi connectivity index (χ1v) is 6.94. The van der Waals surface area contributed by atoms with Crippen molar-refractivity contribution >= 4 is 15.8 Å². The fourth-order valence-electron chi connectivity index (χ4n) is 1.39. The molecule has 0 bridgehead atoms. The van der Waals surface area contributed by atoms with Crippen molar-refractivity contribution in [3.8, 4) is 6.07 Å². The summed E-state index contributed by atoms with van der Waals surface area (Å²) in [5.41, 5.74) is 0.563. The third-order valence-electron chi connectivity index (χ3n) is 2.25. The van der Waals surface area contributed by atoms with Crippen LogP contribution in [0.25, 0.3) is 0 Å². The minimum Gasteiger partial charge on any atom is -0.481 e. The molecule has 0 saturated carbocycles. The van der Waals surface area contributed by atoms with E-state index in [-0.39, 0.29) is 11.4 Å². The third-order valence-corrected chi connectivity index (χ3v) is 4.03. The van der Waals surface area contributed by atoms with Crippen LogP contribution in [-0.2, 0) is 20.4 Å². The molecule has 1 atom stereocenters. The van der Waals surface area contributed by atoms with Crippen molar-refractivity contribution in [3.05, 3.63) is 29.6 Å². The van der Waals surface area contributed by atoms with Crippen LogP contribution in [-0.4, -0.2) is 30.2 Å². The lowest BCUT2D eigenvalue weighted by atomic mass is 10.2. The minimum absolute atomic E-state index is 0.133. The Kier molecular flexibility index (Phi) is 4.39. The zero-order chi connectivity index (χ0) is 13.8. The zero-order valence-electron chi connectivity index (χ0n) is 9.70. The number of carbonyl (C=O) groups is 1. The smallest absolute Gasteiger partial charge is 0.307 e. The summed E-state index contributed by atoms with van der Waals surface area (Å²) in [6.45, 7) is 1.34. The molecule has 1 N–H and O–H groups in total. The highest BCUT2D eigenvalue weighted by molar-refractivity contribution is 7.90. The van der Waals surface area contributed by atoms with E-state index in [9.17, 15) is 13.2 Å². The molecule has 6 nitrogen and oxygen atoms in total. The van der Waals surface area contributed by atoms with Gasteiger partial charge in [-0.05, 0) is 17.7 Å². The number of carboxylic acids is 1. The number of sulfone groups is 1. The Morgan fingerprint density at radius 3 is 2.83 bits per heavy atom. The Bertz CT molecular complexity index is 589. The van der Waals surface area contributed by atoms with Crippen molar-refractivity contribution in [1.29, 1.82) is 5.26 Å². The van der Waals surface area contributed by atoms with Crippen LogP contribution >= 0.6 is 0 Å². The number of nitrogens with zero attached hydrogens (tertiary/aromatic N) is 2. The van der Waals surface area contributed by atoms with Gasteiger partial charge in [0.1, 0.15) is 11.8 Å². The molecule has 1 aromatic heterocycles. The number of hydrogen-bond acceptors (Lipinski definition) is 5. The summed E-state index contributed by atoms with van der Waals surface area (Å²) in [6.07, 6.45) is 1.35. The van der Waals surface area contributed by atoms with Crippen molar-refractivity contribution in [1.82, 2.24) is 4.98 Å². The normalized spacial score (nSPS) is 12.7. The molecule has 0 saturated heterocycles. The summed E-state index contributed by atoms with van der Waals surface area (Å²) in [5, 5.41) is 17.3. The average molecular weight is 268 g/mol. The fraction of sp³-hybridized carbons (Fsp3) is 0.364. The molecule has 0 aliphatic carbocycles. The molecule has 0 aliphatic rings. The summed E-state index contributed by atoms with van der Waals surface area (Å²) in [4.78, 5) is 14.3. The molecule has 1 rings (SSSR count). The van der Waals surface area contributed by atoms with Gasteiger partial charge in [-0.3, -0.25) is 4.79 Å². The van der Waals surface area contributed by atoms with Gasteiger partial charge in [0, 0.05) is 6.20 Å². The van der Waals surface area contributed by atoms with E-state index in [4.69, 9.17) is 10.4 Å². The van der Waals surface area contributed by atoms with E-state index < -0.39 is 27.5 Å². The van der Waals surface area contributed by atoms with Crippen molar-refractivity contribution in [2.24, 2.45) is 5.92 Å². The topological polar surface area (TPSA) is 108 Å². The molecular formula is C11H12N2O4S. The number of nitriles is 1. The van der Waals surface area contributed by atoms with Crippen LogP contribution in [0.3, 0.4) is 0 Å². The molecule has 0 aromatic carbocycles. The number of rotatable bonds is 5. The Morgan fingerprint density at radius 2 is 2.28 bits per heavy atom. The molecule has 0 amide bonds. The van der Waals surface area contributed by atoms with Gasteiger partial charge in [0.05, 0.1) is 17.4 Å². The number of aromatic nitrogens is 1. The van der Waals surface area contributed by atoms with E-state index >= 15 is 0 Å². The van der Waals surface area contributed by atoms with E-state index in [1.54, 1.807) is 0 Å². The van der Waals surface area contributed by atoms with Crippen molar-refractivity contribution < 1.29 is 18.3 Å². The highest BCUT2D eigenvalue weighted by Crippen LogP contribution is 2.10. The maximum atomic E-state index is 11.7. The Balaban J connectivity index is 2.83. The SMILES string of the molecule is CC(CS(=O)(=O)Cc1ccnc(C#N)c1)C(=O)O. The van der Waals surface area contributed by atoms with Crippen LogP contribution in [0.1, 0.15) is 18.2 Å². The van der Waals surface area contributed by atoms with Gasteiger partial charge < -0.3 is 5.11 Å². The Morgan fingerprint density at radius 1 is 1.61 bits per heavy atom. The number of aliphatic carboxylic acids is 1. The summed E-state index contributed by atoms with van der Waals surface area (Å²) >= 11 is 0. The average Bonchev–Trinajstić information content (AvgIpc) is 2.27. The van der Waals surface area contributed by atoms with Gasteiger partial charge in [-0.15, -0.1) is 0 Å². The maximum Gasteiger partial charge on any atom is 0.307 e. The van der Waals surface area contributed by atoms with Crippen LogP contribution < -0.4 is 0 Å². The molecule has 0 fully saturated rings. The van der Waals surface area contributed by atoms with E-state index in [2.05, 4.69) is 4.98 Å². The second-order valence-corrected chi connectivity index (χ2v) is 6.06.